The molecule has 25 heavy (non-hydrogen) atoms. The van der Waals surface area contributed by atoms with Crippen molar-refractivity contribution in [2.45, 2.75) is 5.92 Å². The van der Waals surface area contributed by atoms with Crippen LogP contribution in [-0.4, -0.2) is 44.6 Å². The molecule has 1 saturated heterocycles. The number of amides is 1. The SMILES string of the molecule is COc1cc(-c2ccc3c(c2)C(=O)NC[C@@H]2CN(C)C[C@@H]32)ccc1F. The quantitative estimate of drug-likeness (QED) is 0.914. The van der Waals surface area contributed by atoms with E-state index in [-0.39, 0.29) is 11.7 Å². The summed E-state index contributed by atoms with van der Waals surface area (Å²) in [4.78, 5) is 14.9. The molecular formula is C20H21FN2O2. The van der Waals surface area contributed by atoms with Crippen molar-refractivity contribution in [3.63, 3.8) is 0 Å². The Bertz CT molecular complexity index is 836. The zero-order valence-electron chi connectivity index (χ0n) is 14.4. The van der Waals surface area contributed by atoms with Gasteiger partial charge in [-0.15, -0.1) is 0 Å². The number of methoxy groups -OCH3 is 1. The van der Waals surface area contributed by atoms with Crippen LogP contribution in [0.1, 0.15) is 21.8 Å². The summed E-state index contributed by atoms with van der Waals surface area (Å²) in [6, 6.07) is 10.7. The van der Waals surface area contributed by atoms with Gasteiger partial charge in [0.2, 0.25) is 0 Å². The van der Waals surface area contributed by atoms with Gasteiger partial charge in [-0.25, -0.2) is 4.39 Å². The average Bonchev–Trinajstić information content (AvgIpc) is 2.94. The Labute approximate surface area is 146 Å². The van der Waals surface area contributed by atoms with E-state index in [0.29, 0.717) is 18.4 Å². The second-order valence-electron chi connectivity index (χ2n) is 6.95. The Balaban J connectivity index is 1.78. The van der Waals surface area contributed by atoms with E-state index < -0.39 is 5.82 Å². The van der Waals surface area contributed by atoms with Gasteiger partial charge in [0, 0.05) is 31.1 Å². The maximum absolute atomic E-state index is 13.7. The summed E-state index contributed by atoms with van der Waals surface area (Å²) in [7, 11) is 3.57. The molecule has 0 saturated carbocycles. The normalized spacial score (nSPS) is 22.8. The Morgan fingerprint density at radius 1 is 1.16 bits per heavy atom. The van der Waals surface area contributed by atoms with Crippen molar-refractivity contribution in [3.8, 4) is 16.9 Å². The number of hydrogen-bond acceptors (Lipinski definition) is 3. The van der Waals surface area contributed by atoms with E-state index in [0.717, 1.165) is 35.3 Å². The fourth-order valence-corrected chi connectivity index (χ4v) is 4.06. The van der Waals surface area contributed by atoms with E-state index in [9.17, 15) is 9.18 Å². The molecule has 0 aliphatic carbocycles. The number of likely N-dealkylation sites (N-methyl/N-ethyl adjacent to an activating group) is 1. The van der Waals surface area contributed by atoms with Crippen molar-refractivity contribution in [3.05, 3.63) is 53.3 Å². The molecule has 2 aliphatic heterocycles. The van der Waals surface area contributed by atoms with Crippen molar-refractivity contribution < 1.29 is 13.9 Å². The molecule has 4 rings (SSSR count). The van der Waals surface area contributed by atoms with Gasteiger partial charge in [0.1, 0.15) is 0 Å². The van der Waals surface area contributed by atoms with Crippen LogP contribution in [0.2, 0.25) is 0 Å². The summed E-state index contributed by atoms with van der Waals surface area (Å²) in [5.74, 6) is 0.607. The monoisotopic (exact) mass is 340 g/mol. The minimum absolute atomic E-state index is 0.0250. The summed E-state index contributed by atoms with van der Waals surface area (Å²) < 4.78 is 18.7. The van der Waals surface area contributed by atoms with Gasteiger partial charge in [0.25, 0.3) is 5.91 Å². The summed E-state index contributed by atoms with van der Waals surface area (Å²) in [6.07, 6.45) is 0. The number of rotatable bonds is 2. The summed E-state index contributed by atoms with van der Waals surface area (Å²) in [5.41, 5.74) is 3.56. The summed E-state index contributed by atoms with van der Waals surface area (Å²) >= 11 is 0. The third kappa shape index (κ3) is 2.78. The second kappa shape index (κ2) is 6.15. The van der Waals surface area contributed by atoms with Gasteiger partial charge in [-0.2, -0.15) is 0 Å². The van der Waals surface area contributed by atoms with E-state index in [1.54, 1.807) is 12.1 Å². The molecule has 2 heterocycles. The van der Waals surface area contributed by atoms with Crippen LogP contribution in [0.4, 0.5) is 4.39 Å². The predicted octanol–water partition coefficient (Wildman–Crippen LogP) is 2.89. The number of nitrogens with one attached hydrogen (secondary N) is 1. The molecular weight excluding hydrogens is 319 g/mol. The van der Waals surface area contributed by atoms with Gasteiger partial charge in [-0.05, 0) is 47.9 Å². The molecule has 5 heteroatoms. The first-order valence-electron chi connectivity index (χ1n) is 8.51. The van der Waals surface area contributed by atoms with E-state index >= 15 is 0 Å². The van der Waals surface area contributed by atoms with Crippen molar-refractivity contribution in [1.82, 2.24) is 10.2 Å². The number of halogens is 1. The van der Waals surface area contributed by atoms with Gasteiger partial charge in [0.15, 0.2) is 11.6 Å². The molecule has 1 N–H and O–H groups in total. The first kappa shape index (κ1) is 16.1. The Morgan fingerprint density at radius 2 is 1.92 bits per heavy atom. The standard InChI is InChI=1S/C20H21FN2O2/c1-23-10-14-9-22-20(24)16-7-12(3-5-15(16)17(14)11-23)13-4-6-18(21)19(8-13)25-2/h3-8,14,17H,9-11H2,1-2H3,(H,22,24)/t14-,17-/m1/s1. The van der Waals surface area contributed by atoms with Gasteiger partial charge >= 0.3 is 0 Å². The summed E-state index contributed by atoms with van der Waals surface area (Å²) in [6.45, 7) is 2.68. The number of carbonyl (C=O) groups is 1. The lowest BCUT2D eigenvalue weighted by Crippen LogP contribution is -2.29. The van der Waals surface area contributed by atoms with Crippen LogP contribution in [-0.2, 0) is 0 Å². The molecule has 0 unspecified atom stereocenters. The Kier molecular flexibility index (Phi) is 3.96. The first-order valence-corrected chi connectivity index (χ1v) is 8.51. The van der Waals surface area contributed by atoms with Crippen molar-refractivity contribution in [1.29, 1.82) is 0 Å². The van der Waals surface area contributed by atoms with Crippen LogP contribution in [0.15, 0.2) is 36.4 Å². The van der Waals surface area contributed by atoms with Gasteiger partial charge in [-0.3, -0.25) is 4.79 Å². The summed E-state index contributed by atoms with van der Waals surface area (Å²) in [5, 5.41) is 3.05. The van der Waals surface area contributed by atoms with Crippen LogP contribution in [0.5, 0.6) is 5.75 Å². The second-order valence-corrected chi connectivity index (χ2v) is 6.95. The fourth-order valence-electron chi connectivity index (χ4n) is 4.06. The minimum atomic E-state index is -0.393. The number of carbonyl (C=O) groups excluding carboxylic acids is 1. The lowest BCUT2D eigenvalue weighted by atomic mass is 9.86. The minimum Gasteiger partial charge on any atom is -0.494 e. The largest absolute Gasteiger partial charge is 0.494 e. The third-order valence-corrected chi connectivity index (χ3v) is 5.33. The average molecular weight is 340 g/mol. The number of nitrogens with zero attached hydrogens (tertiary/aromatic N) is 1. The van der Waals surface area contributed by atoms with E-state index in [1.165, 1.54) is 13.2 Å². The maximum atomic E-state index is 13.7. The zero-order valence-corrected chi connectivity index (χ0v) is 14.4. The molecule has 1 fully saturated rings. The van der Waals surface area contributed by atoms with E-state index in [1.807, 2.05) is 12.1 Å². The third-order valence-electron chi connectivity index (χ3n) is 5.33. The fraction of sp³-hybridized carbons (Fsp3) is 0.350. The smallest absolute Gasteiger partial charge is 0.251 e. The van der Waals surface area contributed by atoms with Crippen molar-refractivity contribution in [2.24, 2.45) is 5.92 Å². The molecule has 2 atom stereocenters. The number of likely N-dealkylation sites (tertiary alicyclic amines) is 1. The molecule has 2 aliphatic rings. The Morgan fingerprint density at radius 3 is 2.72 bits per heavy atom. The lowest BCUT2D eigenvalue weighted by molar-refractivity contribution is 0.0951. The molecule has 0 radical (unpaired) electrons. The maximum Gasteiger partial charge on any atom is 0.251 e. The van der Waals surface area contributed by atoms with Gasteiger partial charge < -0.3 is 15.0 Å². The number of ether oxygens (including phenoxy) is 1. The first-order chi connectivity index (χ1) is 12.1. The van der Waals surface area contributed by atoms with Crippen LogP contribution in [0.3, 0.4) is 0 Å². The predicted molar refractivity (Wildman–Crippen MR) is 94.4 cm³/mol. The molecule has 1 amide bonds. The number of hydrogen-bond donors (Lipinski definition) is 1. The van der Waals surface area contributed by atoms with Gasteiger partial charge in [0.05, 0.1) is 7.11 Å². The molecule has 0 bridgehead atoms. The molecule has 2 aromatic rings. The van der Waals surface area contributed by atoms with Crippen LogP contribution in [0, 0.1) is 11.7 Å². The van der Waals surface area contributed by atoms with E-state index in [2.05, 4.69) is 23.3 Å². The van der Waals surface area contributed by atoms with Crippen LogP contribution >= 0.6 is 0 Å². The van der Waals surface area contributed by atoms with Crippen LogP contribution < -0.4 is 10.1 Å². The van der Waals surface area contributed by atoms with Crippen LogP contribution in [0.25, 0.3) is 11.1 Å². The molecule has 2 aromatic carbocycles. The molecule has 0 aromatic heterocycles. The number of fused-ring (bicyclic) bond motifs is 3. The molecule has 130 valence electrons. The lowest BCUT2D eigenvalue weighted by Gasteiger charge is -2.17. The molecule has 0 spiro atoms. The Hall–Kier alpha value is -2.40. The topological polar surface area (TPSA) is 41.6 Å². The highest BCUT2D eigenvalue weighted by atomic mass is 19.1. The molecule has 4 nitrogen and oxygen atoms in total. The number of benzene rings is 2. The highest BCUT2D eigenvalue weighted by Gasteiger charge is 2.36. The van der Waals surface area contributed by atoms with E-state index in [4.69, 9.17) is 4.74 Å². The van der Waals surface area contributed by atoms with Crippen molar-refractivity contribution >= 4 is 5.91 Å². The van der Waals surface area contributed by atoms with Gasteiger partial charge in [-0.1, -0.05) is 18.2 Å². The van der Waals surface area contributed by atoms with Crippen molar-refractivity contribution in [2.75, 3.05) is 33.8 Å². The highest BCUT2D eigenvalue weighted by Crippen LogP contribution is 2.37. The zero-order chi connectivity index (χ0) is 17.6. The highest BCUT2D eigenvalue weighted by molar-refractivity contribution is 5.97.